The highest BCUT2D eigenvalue weighted by Gasteiger charge is 2.56. The summed E-state index contributed by atoms with van der Waals surface area (Å²) in [5, 5.41) is -3.23. The molecule has 1 aliphatic carbocycles. The minimum Gasteiger partial charge on any atom is -0.414 e. The maximum atomic E-state index is 15.4. The largest absolute Gasteiger partial charge is 0.414 e. The summed E-state index contributed by atoms with van der Waals surface area (Å²) < 4.78 is 45.2. The van der Waals surface area contributed by atoms with Crippen molar-refractivity contribution in [1.82, 2.24) is 0 Å². The van der Waals surface area contributed by atoms with Crippen molar-refractivity contribution in [3.8, 4) is 0 Å². The van der Waals surface area contributed by atoms with Gasteiger partial charge < -0.3 is 4.74 Å². The van der Waals surface area contributed by atoms with Crippen molar-refractivity contribution in [2.75, 3.05) is 0 Å². The molecular weight excluding hydrogens is 311 g/mol. The van der Waals surface area contributed by atoms with Crippen LogP contribution in [0.15, 0.2) is 35.2 Å². The Bertz CT molecular complexity index is 670. The molecule has 0 bridgehead atoms. The lowest BCUT2D eigenvalue weighted by atomic mass is 9.88. The van der Waals surface area contributed by atoms with Crippen molar-refractivity contribution in [1.29, 1.82) is 0 Å². The lowest BCUT2D eigenvalue weighted by Crippen LogP contribution is -2.47. The second-order valence-electron chi connectivity index (χ2n) is 5.32. The minimum absolute atomic E-state index is 0.168. The van der Waals surface area contributed by atoms with Gasteiger partial charge in [-0.25, -0.2) is 8.42 Å². The summed E-state index contributed by atoms with van der Waals surface area (Å²) in [6.07, 6.45) is 0.580. The monoisotopic (exact) mass is 328 g/mol. The molecule has 5 nitrogen and oxygen atoms in total. The Morgan fingerprint density at radius 3 is 2.50 bits per heavy atom. The van der Waals surface area contributed by atoms with Gasteiger partial charge >= 0.3 is 11.2 Å². The number of halogens is 1. The van der Waals surface area contributed by atoms with Crippen LogP contribution in [0.5, 0.6) is 0 Å². The highest BCUT2D eigenvalue weighted by atomic mass is 32.2. The molecule has 1 aromatic rings. The first-order chi connectivity index (χ1) is 10.3. The van der Waals surface area contributed by atoms with Gasteiger partial charge in [0.1, 0.15) is 5.78 Å². The molecule has 7 heteroatoms. The number of hydrogen-bond donors (Lipinski definition) is 0. The minimum atomic E-state index is -4.58. The summed E-state index contributed by atoms with van der Waals surface area (Å²) in [6, 6.07) is 6.96. The Hall–Kier alpha value is -1.76. The fraction of sp³-hybridized carbons (Fsp3) is 0.467. The van der Waals surface area contributed by atoms with Crippen LogP contribution < -0.4 is 0 Å². The van der Waals surface area contributed by atoms with Crippen LogP contribution >= 0.6 is 0 Å². The van der Waals surface area contributed by atoms with Crippen LogP contribution in [0.25, 0.3) is 0 Å². The van der Waals surface area contributed by atoms with E-state index in [4.69, 9.17) is 0 Å². The number of Topliss-reactive ketones (excluding diaryl/α,β-unsaturated/α-hetero) is 1. The van der Waals surface area contributed by atoms with Crippen LogP contribution in [0.3, 0.4) is 0 Å². The van der Waals surface area contributed by atoms with Crippen molar-refractivity contribution >= 4 is 21.6 Å². The predicted octanol–water partition coefficient (Wildman–Crippen LogP) is 2.41. The third kappa shape index (κ3) is 3.04. The first-order valence-electron chi connectivity index (χ1n) is 6.97. The fourth-order valence-electron chi connectivity index (χ4n) is 2.63. The van der Waals surface area contributed by atoms with Crippen LogP contribution in [-0.2, 0) is 24.2 Å². The van der Waals surface area contributed by atoms with Crippen LogP contribution in [0.2, 0.25) is 0 Å². The average molecular weight is 328 g/mol. The van der Waals surface area contributed by atoms with Crippen molar-refractivity contribution in [2.45, 2.75) is 42.7 Å². The zero-order valence-corrected chi connectivity index (χ0v) is 12.9. The number of sulfone groups is 1. The van der Waals surface area contributed by atoms with Crippen molar-refractivity contribution in [2.24, 2.45) is 5.92 Å². The third-order valence-corrected chi connectivity index (χ3v) is 5.72. The van der Waals surface area contributed by atoms with Crippen LogP contribution in [0, 0.1) is 5.92 Å². The molecular formula is C15H17FO5S. The molecule has 120 valence electrons. The lowest BCUT2D eigenvalue weighted by molar-refractivity contribution is -0.173. The van der Waals surface area contributed by atoms with Gasteiger partial charge in [-0.3, -0.25) is 9.59 Å². The van der Waals surface area contributed by atoms with Gasteiger partial charge in [0.25, 0.3) is 9.84 Å². The molecule has 0 amide bonds. The van der Waals surface area contributed by atoms with E-state index in [9.17, 15) is 18.0 Å². The second-order valence-corrected chi connectivity index (χ2v) is 7.36. The number of rotatable bonds is 4. The van der Waals surface area contributed by atoms with Crippen LogP contribution in [0.1, 0.15) is 32.6 Å². The number of ether oxygens (including phenoxy) is 1. The second kappa shape index (κ2) is 6.16. The smallest absolute Gasteiger partial charge is 0.359 e. The number of hydrogen-bond acceptors (Lipinski definition) is 5. The molecule has 1 saturated carbocycles. The first kappa shape index (κ1) is 16.6. The van der Waals surface area contributed by atoms with Gasteiger partial charge in [-0.1, -0.05) is 18.2 Å². The Balaban J connectivity index is 2.49. The number of alkyl halides is 1. The Morgan fingerprint density at radius 1 is 1.32 bits per heavy atom. The molecule has 22 heavy (non-hydrogen) atoms. The summed E-state index contributed by atoms with van der Waals surface area (Å²) in [5.74, 6) is -2.46. The molecule has 2 atom stereocenters. The number of esters is 1. The van der Waals surface area contributed by atoms with Crippen LogP contribution in [0.4, 0.5) is 4.39 Å². The van der Waals surface area contributed by atoms with Gasteiger partial charge in [-0.15, -0.1) is 0 Å². The van der Waals surface area contributed by atoms with E-state index in [2.05, 4.69) is 4.74 Å². The van der Waals surface area contributed by atoms with Gasteiger partial charge in [-0.2, -0.15) is 4.39 Å². The zero-order chi connectivity index (χ0) is 16.4. The number of carbonyl (C=O) groups is 2. The van der Waals surface area contributed by atoms with Gasteiger partial charge in [0.05, 0.1) is 10.8 Å². The van der Waals surface area contributed by atoms with E-state index >= 15 is 4.39 Å². The highest BCUT2D eigenvalue weighted by Crippen LogP contribution is 2.42. The maximum Gasteiger partial charge on any atom is 0.359 e. The van der Waals surface area contributed by atoms with Crippen molar-refractivity contribution in [3.05, 3.63) is 30.3 Å². The summed E-state index contributed by atoms with van der Waals surface area (Å²) in [4.78, 5) is 22.5. The van der Waals surface area contributed by atoms with E-state index in [-0.39, 0.29) is 29.9 Å². The molecule has 0 aliphatic heterocycles. The molecule has 0 N–H and O–H groups in total. The molecule has 2 unspecified atom stereocenters. The maximum absolute atomic E-state index is 15.4. The van der Waals surface area contributed by atoms with E-state index in [1.165, 1.54) is 24.3 Å². The van der Waals surface area contributed by atoms with E-state index in [0.717, 1.165) is 6.92 Å². The molecule has 1 aromatic carbocycles. The van der Waals surface area contributed by atoms with Crippen molar-refractivity contribution in [3.63, 3.8) is 0 Å². The number of ketones is 1. The Labute approximate surface area is 128 Å². The van der Waals surface area contributed by atoms with Crippen molar-refractivity contribution < 1.29 is 27.1 Å². The molecule has 0 aromatic heterocycles. The summed E-state index contributed by atoms with van der Waals surface area (Å²) in [7, 11) is -4.58. The van der Waals surface area contributed by atoms with Gasteiger partial charge in [0, 0.05) is 19.8 Å². The standard InChI is InChI=1S/C15H17FO5S/c1-11(17)21-15(16,12-6-5-7-13(18)10-12)22(19,20)14-8-3-2-4-9-14/h2-4,8-9,12H,5-7,10H2,1H3. The summed E-state index contributed by atoms with van der Waals surface area (Å²) in [5.41, 5.74) is 0. The first-order valence-corrected chi connectivity index (χ1v) is 8.45. The fourth-order valence-corrected chi connectivity index (χ4v) is 4.34. The van der Waals surface area contributed by atoms with Crippen LogP contribution in [-0.4, -0.2) is 25.4 Å². The molecule has 1 aliphatic rings. The Kier molecular flexibility index (Phi) is 4.65. The molecule has 0 heterocycles. The van der Waals surface area contributed by atoms with E-state index in [1.807, 2.05) is 0 Å². The lowest BCUT2D eigenvalue weighted by Gasteiger charge is -2.33. The summed E-state index contributed by atoms with van der Waals surface area (Å²) in [6.45, 7) is 0.944. The molecule has 0 saturated heterocycles. The normalized spacial score (nSPS) is 21.9. The topological polar surface area (TPSA) is 77.5 Å². The molecule has 0 radical (unpaired) electrons. The zero-order valence-electron chi connectivity index (χ0n) is 12.1. The van der Waals surface area contributed by atoms with E-state index < -0.39 is 26.9 Å². The third-order valence-electron chi connectivity index (χ3n) is 3.67. The van der Waals surface area contributed by atoms with Gasteiger partial charge in [-0.05, 0) is 25.0 Å². The summed E-state index contributed by atoms with van der Waals surface area (Å²) >= 11 is 0. The van der Waals surface area contributed by atoms with Gasteiger partial charge in [0.2, 0.25) is 0 Å². The Morgan fingerprint density at radius 2 is 1.95 bits per heavy atom. The SMILES string of the molecule is CC(=O)OC(F)(C1CCCC(=O)C1)S(=O)(=O)c1ccccc1. The van der Waals surface area contributed by atoms with E-state index in [1.54, 1.807) is 6.07 Å². The molecule has 1 fully saturated rings. The highest BCUT2D eigenvalue weighted by molar-refractivity contribution is 7.92. The van der Waals surface area contributed by atoms with Gasteiger partial charge in [0.15, 0.2) is 0 Å². The molecule has 2 rings (SSSR count). The molecule has 0 spiro atoms. The van der Waals surface area contributed by atoms with E-state index in [0.29, 0.717) is 6.42 Å². The number of carbonyl (C=O) groups excluding carboxylic acids is 2. The number of benzene rings is 1. The average Bonchev–Trinajstić information content (AvgIpc) is 2.47. The predicted molar refractivity (Wildman–Crippen MR) is 76.2 cm³/mol. The quantitative estimate of drug-likeness (QED) is 0.793.